The SMILES string of the molecule is CC(C)(C)c1cc(CCc2ccccc2NC(=O)N2CC3CCC(CC3)C2)cc(C(C)(C)C)c1O. The predicted octanol–water partition coefficient (Wildman–Crippen LogP) is 7.43. The summed E-state index contributed by atoms with van der Waals surface area (Å²) >= 11 is 0. The van der Waals surface area contributed by atoms with E-state index < -0.39 is 0 Å². The van der Waals surface area contributed by atoms with Gasteiger partial charge in [-0.1, -0.05) is 71.9 Å². The molecular formula is C31H44N2O2. The lowest BCUT2D eigenvalue weighted by Gasteiger charge is -2.28. The molecule has 0 aromatic heterocycles. The number of rotatable bonds is 4. The summed E-state index contributed by atoms with van der Waals surface area (Å²) in [4.78, 5) is 15.3. The Morgan fingerprint density at radius 1 is 0.886 bits per heavy atom. The summed E-state index contributed by atoms with van der Waals surface area (Å²) in [7, 11) is 0. The zero-order chi connectivity index (χ0) is 25.4. The Kier molecular flexibility index (Phi) is 7.22. The Bertz CT molecular complexity index is 1000. The van der Waals surface area contributed by atoms with E-state index >= 15 is 0 Å². The number of hydrogen-bond acceptors (Lipinski definition) is 2. The first-order valence-electron chi connectivity index (χ1n) is 13.4. The zero-order valence-electron chi connectivity index (χ0n) is 22.6. The van der Waals surface area contributed by atoms with Crippen molar-refractivity contribution in [2.45, 2.75) is 90.9 Å². The summed E-state index contributed by atoms with van der Waals surface area (Å²) in [6, 6.07) is 12.6. The fourth-order valence-electron chi connectivity index (χ4n) is 5.78. The van der Waals surface area contributed by atoms with Crippen LogP contribution in [0.1, 0.15) is 89.5 Å². The highest BCUT2D eigenvalue weighted by Gasteiger charge is 2.32. The molecule has 4 nitrogen and oxygen atoms in total. The average Bonchev–Trinajstić information content (AvgIpc) is 3.12. The highest BCUT2D eigenvalue weighted by atomic mass is 16.3. The number of amides is 2. The van der Waals surface area contributed by atoms with Gasteiger partial charge in [-0.2, -0.15) is 0 Å². The van der Waals surface area contributed by atoms with Crippen LogP contribution in [0.15, 0.2) is 36.4 Å². The molecule has 5 rings (SSSR count). The Morgan fingerprint density at radius 2 is 1.40 bits per heavy atom. The lowest BCUT2D eigenvalue weighted by Crippen LogP contribution is -2.38. The molecule has 2 amide bonds. The van der Waals surface area contributed by atoms with E-state index in [9.17, 15) is 9.90 Å². The van der Waals surface area contributed by atoms with Crippen LogP contribution in [0.2, 0.25) is 0 Å². The van der Waals surface area contributed by atoms with Gasteiger partial charge in [0.15, 0.2) is 0 Å². The van der Waals surface area contributed by atoms with Gasteiger partial charge in [-0.05, 0) is 89.5 Å². The number of urea groups is 1. The van der Waals surface area contributed by atoms with Crippen molar-refractivity contribution < 1.29 is 9.90 Å². The molecule has 35 heavy (non-hydrogen) atoms. The maximum absolute atomic E-state index is 13.2. The summed E-state index contributed by atoms with van der Waals surface area (Å²) in [5.74, 6) is 1.75. The van der Waals surface area contributed by atoms with Crippen LogP contribution in [-0.4, -0.2) is 29.1 Å². The van der Waals surface area contributed by atoms with Crippen molar-refractivity contribution in [1.82, 2.24) is 4.90 Å². The normalized spacial score (nSPS) is 20.6. The molecule has 2 bridgehead atoms. The number of nitrogens with zero attached hydrogens (tertiary/aromatic N) is 1. The molecule has 0 atom stereocenters. The molecule has 2 N–H and O–H groups in total. The third-order valence-electron chi connectivity index (χ3n) is 7.94. The third-order valence-corrected chi connectivity index (χ3v) is 7.94. The van der Waals surface area contributed by atoms with E-state index in [0.29, 0.717) is 17.6 Å². The number of fused-ring (bicyclic) bond motifs is 4. The second kappa shape index (κ2) is 9.87. The number of para-hydroxylation sites is 1. The number of aromatic hydroxyl groups is 1. The van der Waals surface area contributed by atoms with E-state index in [0.717, 1.165) is 48.3 Å². The molecule has 3 aliphatic rings. The van der Waals surface area contributed by atoms with Gasteiger partial charge in [0.2, 0.25) is 0 Å². The van der Waals surface area contributed by atoms with Crippen molar-refractivity contribution in [3.63, 3.8) is 0 Å². The Hall–Kier alpha value is -2.49. The van der Waals surface area contributed by atoms with Gasteiger partial charge >= 0.3 is 6.03 Å². The van der Waals surface area contributed by atoms with Gasteiger partial charge in [0.05, 0.1) is 0 Å². The Balaban J connectivity index is 1.52. The first-order valence-corrected chi connectivity index (χ1v) is 13.4. The molecule has 1 saturated carbocycles. The van der Waals surface area contributed by atoms with Gasteiger partial charge in [0, 0.05) is 18.8 Å². The molecule has 0 unspecified atom stereocenters. The smallest absolute Gasteiger partial charge is 0.321 e. The first-order chi connectivity index (χ1) is 16.4. The topological polar surface area (TPSA) is 52.6 Å². The molecule has 190 valence electrons. The number of anilines is 1. The van der Waals surface area contributed by atoms with Gasteiger partial charge in [-0.3, -0.25) is 0 Å². The average molecular weight is 477 g/mol. The standard InChI is InChI=1S/C31H44N2O2/c1-30(2,3)25-17-23(18-26(28(25)34)31(4,5)6)15-16-24-9-7-8-10-27(24)32-29(35)33-19-21-11-12-22(20-33)14-13-21/h7-10,17-18,21-22,34H,11-16,19-20H2,1-6H3,(H,32,35). The van der Waals surface area contributed by atoms with E-state index in [1.165, 1.54) is 31.2 Å². The van der Waals surface area contributed by atoms with E-state index in [1.807, 2.05) is 12.1 Å². The van der Waals surface area contributed by atoms with Gasteiger partial charge in [-0.25, -0.2) is 4.79 Å². The van der Waals surface area contributed by atoms with E-state index in [-0.39, 0.29) is 16.9 Å². The van der Waals surface area contributed by atoms with Crippen LogP contribution >= 0.6 is 0 Å². The van der Waals surface area contributed by atoms with Crippen molar-refractivity contribution in [1.29, 1.82) is 0 Å². The van der Waals surface area contributed by atoms with Crippen LogP contribution in [-0.2, 0) is 23.7 Å². The highest BCUT2D eigenvalue weighted by Crippen LogP contribution is 2.40. The summed E-state index contributed by atoms with van der Waals surface area (Å²) in [5, 5.41) is 14.3. The fourth-order valence-corrected chi connectivity index (χ4v) is 5.78. The summed E-state index contributed by atoms with van der Waals surface area (Å²) in [5.41, 5.74) is 5.01. The quantitative estimate of drug-likeness (QED) is 0.482. The molecule has 2 aliphatic heterocycles. The lowest BCUT2D eigenvalue weighted by molar-refractivity contribution is 0.206. The number of hydrogen-bond donors (Lipinski definition) is 2. The minimum Gasteiger partial charge on any atom is -0.507 e. The lowest BCUT2D eigenvalue weighted by atomic mass is 9.78. The number of phenolic OH excluding ortho intramolecular Hbond substituents is 1. The van der Waals surface area contributed by atoms with E-state index in [1.54, 1.807) is 0 Å². The van der Waals surface area contributed by atoms with Crippen molar-refractivity contribution in [3.05, 3.63) is 58.7 Å². The summed E-state index contributed by atoms with van der Waals surface area (Å²) in [6.07, 6.45) is 6.76. The third kappa shape index (κ3) is 6.02. The van der Waals surface area contributed by atoms with Gasteiger partial charge in [-0.15, -0.1) is 0 Å². The first kappa shape index (κ1) is 25.6. The maximum Gasteiger partial charge on any atom is 0.321 e. The van der Waals surface area contributed by atoms with Crippen LogP contribution in [0.25, 0.3) is 0 Å². The van der Waals surface area contributed by atoms with Crippen LogP contribution in [0.4, 0.5) is 10.5 Å². The molecule has 0 radical (unpaired) electrons. The molecule has 2 aromatic carbocycles. The number of carbonyl (C=O) groups excluding carboxylic acids is 1. The number of aryl methyl sites for hydroxylation is 2. The number of carbonyl (C=O) groups is 1. The zero-order valence-corrected chi connectivity index (χ0v) is 22.6. The van der Waals surface area contributed by atoms with Crippen LogP contribution < -0.4 is 5.32 Å². The molecule has 4 heteroatoms. The van der Waals surface area contributed by atoms with Gasteiger partial charge < -0.3 is 15.3 Å². The molecule has 2 heterocycles. The molecular weight excluding hydrogens is 432 g/mol. The molecule has 3 fully saturated rings. The number of benzene rings is 2. The van der Waals surface area contributed by atoms with Crippen molar-refractivity contribution in [2.24, 2.45) is 11.8 Å². The number of phenols is 1. The van der Waals surface area contributed by atoms with Crippen molar-refractivity contribution in [3.8, 4) is 5.75 Å². The minimum absolute atomic E-state index is 0.0471. The van der Waals surface area contributed by atoms with E-state index in [2.05, 4.69) is 76.0 Å². The monoisotopic (exact) mass is 476 g/mol. The van der Waals surface area contributed by atoms with E-state index in [4.69, 9.17) is 0 Å². The van der Waals surface area contributed by atoms with Crippen molar-refractivity contribution >= 4 is 11.7 Å². The largest absolute Gasteiger partial charge is 0.507 e. The molecule has 2 saturated heterocycles. The van der Waals surface area contributed by atoms with Crippen LogP contribution in [0.5, 0.6) is 5.75 Å². The van der Waals surface area contributed by atoms with Gasteiger partial charge in [0.1, 0.15) is 5.75 Å². The number of nitrogens with one attached hydrogen (secondary N) is 1. The maximum atomic E-state index is 13.2. The Labute approximate surface area is 212 Å². The second-order valence-corrected chi connectivity index (χ2v) is 12.9. The van der Waals surface area contributed by atoms with Crippen LogP contribution in [0, 0.1) is 11.8 Å². The summed E-state index contributed by atoms with van der Waals surface area (Å²) in [6.45, 7) is 14.7. The Morgan fingerprint density at radius 3 is 1.91 bits per heavy atom. The van der Waals surface area contributed by atoms with Crippen molar-refractivity contribution in [2.75, 3.05) is 18.4 Å². The van der Waals surface area contributed by atoms with Gasteiger partial charge in [0.25, 0.3) is 0 Å². The second-order valence-electron chi connectivity index (χ2n) is 12.9. The molecule has 2 aromatic rings. The highest BCUT2D eigenvalue weighted by molar-refractivity contribution is 5.90. The predicted molar refractivity (Wildman–Crippen MR) is 145 cm³/mol. The fraction of sp³-hybridized carbons (Fsp3) is 0.581. The minimum atomic E-state index is -0.140. The molecule has 1 aliphatic carbocycles. The van der Waals surface area contributed by atoms with Crippen LogP contribution in [0.3, 0.4) is 0 Å². The molecule has 0 spiro atoms. The summed E-state index contributed by atoms with van der Waals surface area (Å²) < 4.78 is 0.